The summed E-state index contributed by atoms with van der Waals surface area (Å²) in [5.74, 6) is -1.91. The van der Waals surface area contributed by atoms with Crippen LogP contribution in [0.5, 0.6) is 0 Å². The summed E-state index contributed by atoms with van der Waals surface area (Å²) in [5, 5.41) is 0. The van der Waals surface area contributed by atoms with Crippen LogP contribution in [-0.2, 0) is 47.4 Å². The fourth-order valence-corrected chi connectivity index (χ4v) is 2.79. The second-order valence-corrected chi connectivity index (χ2v) is 7.24. The number of hydrogen-bond donors (Lipinski definition) is 0. The van der Waals surface area contributed by atoms with Crippen LogP contribution in [0, 0.1) is 0 Å². The highest BCUT2D eigenvalue weighted by atomic mass is 16.9. The summed E-state index contributed by atoms with van der Waals surface area (Å²) in [4.78, 5) is 12.5. The van der Waals surface area contributed by atoms with Crippen LogP contribution in [0.2, 0.25) is 0 Å². The highest BCUT2D eigenvalue weighted by Crippen LogP contribution is 2.37. The Hall–Kier alpha value is -0.690. The molecule has 0 fully saturated rings. The first-order valence-electron chi connectivity index (χ1n) is 10.5. The van der Waals surface area contributed by atoms with Crippen LogP contribution in [0.4, 0.5) is 0 Å². The molecule has 0 aliphatic rings. The van der Waals surface area contributed by atoms with E-state index in [9.17, 15) is 4.79 Å². The zero-order chi connectivity index (χ0) is 24.2. The zero-order valence-corrected chi connectivity index (χ0v) is 20.8. The highest BCUT2D eigenvalue weighted by Gasteiger charge is 2.55. The lowest BCUT2D eigenvalue weighted by atomic mass is 9.92. The third-order valence-corrected chi connectivity index (χ3v) is 4.82. The van der Waals surface area contributed by atoms with Gasteiger partial charge in [-0.15, -0.1) is 0 Å². The molecule has 10 nitrogen and oxygen atoms in total. The van der Waals surface area contributed by atoms with Gasteiger partial charge in [-0.3, -0.25) is 4.79 Å². The van der Waals surface area contributed by atoms with Crippen LogP contribution in [0.1, 0.15) is 61.8 Å². The maximum Gasteiger partial charge on any atom is 0.260 e. The van der Waals surface area contributed by atoms with Crippen molar-refractivity contribution >= 4 is 6.29 Å². The smallest absolute Gasteiger partial charge is 0.260 e. The van der Waals surface area contributed by atoms with Crippen molar-refractivity contribution in [3.05, 3.63) is 0 Å². The maximum absolute atomic E-state index is 12.5. The Balaban J connectivity index is 5.91. The lowest BCUT2D eigenvalue weighted by molar-refractivity contribution is -0.407. The van der Waals surface area contributed by atoms with Crippen molar-refractivity contribution in [2.75, 3.05) is 21.3 Å². The number of rotatable bonds is 18. The molecule has 0 spiro atoms. The van der Waals surface area contributed by atoms with Gasteiger partial charge in [0.1, 0.15) is 5.60 Å². The van der Waals surface area contributed by atoms with Gasteiger partial charge in [-0.25, -0.2) is 0 Å². The number of carbonyl (C=O) groups excluding carboxylic acids is 1. The van der Waals surface area contributed by atoms with Crippen LogP contribution in [0.3, 0.4) is 0 Å². The molecule has 10 heteroatoms. The predicted octanol–water partition coefficient (Wildman–Crippen LogP) is 3.17. The van der Waals surface area contributed by atoms with Gasteiger partial charge < -0.3 is 42.6 Å². The monoisotopic (exact) mass is 454 g/mol. The number of carbonyl (C=O) groups is 1. The van der Waals surface area contributed by atoms with Crippen LogP contribution in [-0.4, -0.2) is 76.7 Å². The van der Waals surface area contributed by atoms with Crippen molar-refractivity contribution in [2.45, 2.75) is 111 Å². The fourth-order valence-electron chi connectivity index (χ4n) is 2.79. The highest BCUT2D eigenvalue weighted by molar-refractivity contribution is 5.63. The number of ether oxygens (including phenoxy) is 9. The van der Waals surface area contributed by atoms with Gasteiger partial charge in [-0.1, -0.05) is 6.92 Å². The number of methoxy groups -OCH3 is 3. The molecule has 186 valence electrons. The van der Waals surface area contributed by atoms with E-state index in [1.807, 2.05) is 6.92 Å². The van der Waals surface area contributed by atoms with Crippen LogP contribution in [0.25, 0.3) is 0 Å². The van der Waals surface area contributed by atoms with Gasteiger partial charge in [0.15, 0.2) is 44.0 Å². The average Bonchev–Trinajstić information content (AvgIpc) is 2.71. The third kappa shape index (κ3) is 9.77. The quantitative estimate of drug-likeness (QED) is 0.227. The van der Waals surface area contributed by atoms with E-state index in [4.69, 9.17) is 42.6 Å². The molecule has 0 N–H and O–H groups in total. The van der Waals surface area contributed by atoms with E-state index < -0.39 is 49.1 Å². The van der Waals surface area contributed by atoms with Crippen LogP contribution in [0.15, 0.2) is 0 Å². The van der Waals surface area contributed by atoms with Gasteiger partial charge in [0.05, 0.1) is 0 Å². The first-order valence-corrected chi connectivity index (χ1v) is 10.5. The van der Waals surface area contributed by atoms with Gasteiger partial charge in [0.25, 0.3) is 5.79 Å². The van der Waals surface area contributed by atoms with Crippen molar-refractivity contribution in [3.63, 3.8) is 0 Å². The van der Waals surface area contributed by atoms with E-state index in [1.165, 1.54) is 21.3 Å². The molecule has 0 aromatic carbocycles. The molecule has 7 unspecified atom stereocenters. The molecule has 0 saturated heterocycles. The topological polar surface area (TPSA) is 100 Å². The lowest BCUT2D eigenvalue weighted by Gasteiger charge is -2.46. The summed E-state index contributed by atoms with van der Waals surface area (Å²) >= 11 is 0. The summed E-state index contributed by atoms with van der Waals surface area (Å²) in [5.41, 5.74) is -1.29. The number of aldehydes is 1. The van der Waals surface area contributed by atoms with Crippen molar-refractivity contribution in [2.24, 2.45) is 0 Å². The molecule has 0 aromatic rings. The summed E-state index contributed by atoms with van der Waals surface area (Å²) < 4.78 is 50.3. The van der Waals surface area contributed by atoms with Crippen molar-refractivity contribution < 1.29 is 47.4 Å². The van der Waals surface area contributed by atoms with E-state index in [0.717, 1.165) is 0 Å². The Labute approximate surface area is 186 Å². The van der Waals surface area contributed by atoms with Gasteiger partial charge in [0, 0.05) is 21.3 Å². The maximum atomic E-state index is 12.5. The molecular formula is C21H42O10. The second-order valence-electron chi connectivity index (χ2n) is 7.24. The van der Waals surface area contributed by atoms with Gasteiger partial charge in [0.2, 0.25) is 0 Å². The fraction of sp³-hybridized carbons (Fsp3) is 0.952. The molecule has 0 amide bonds. The number of hydrogen-bond acceptors (Lipinski definition) is 10. The summed E-state index contributed by atoms with van der Waals surface area (Å²) in [6.07, 6.45) is -3.28. The summed E-state index contributed by atoms with van der Waals surface area (Å²) in [7, 11) is 4.51. The van der Waals surface area contributed by atoms with Gasteiger partial charge in [-0.2, -0.15) is 0 Å². The normalized spacial score (nSPS) is 21.9. The van der Waals surface area contributed by atoms with E-state index in [-0.39, 0.29) is 0 Å². The van der Waals surface area contributed by atoms with E-state index >= 15 is 0 Å². The Morgan fingerprint density at radius 3 is 1.23 bits per heavy atom. The van der Waals surface area contributed by atoms with Crippen LogP contribution < -0.4 is 0 Å². The van der Waals surface area contributed by atoms with Gasteiger partial charge in [-0.05, 0) is 54.9 Å². The molecule has 0 radical (unpaired) electrons. The minimum atomic E-state index is -1.91. The minimum Gasteiger partial charge on any atom is -0.356 e. The van der Waals surface area contributed by atoms with E-state index in [0.29, 0.717) is 12.7 Å². The Kier molecular flexibility index (Phi) is 14.1. The van der Waals surface area contributed by atoms with E-state index in [1.54, 1.807) is 48.5 Å². The molecule has 0 saturated carbocycles. The molecule has 0 rings (SSSR count). The largest absolute Gasteiger partial charge is 0.356 e. The molecule has 0 bridgehead atoms. The van der Waals surface area contributed by atoms with Crippen LogP contribution >= 0.6 is 0 Å². The second kappa shape index (κ2) is 14.5. The predicted molar refractivity (Wildman–Crippen MR) is 112 cm³/mol. The Morgan fingerprint density at radius 1 is 0.645 bits per heavy atom. The molecule has 7 atom stereocenters. The Morgan fingerprint density at radius 2 is 0.968 bits per heavy atom. The molecule has 0 aliphatic heterocycles. The average molecular weight is 455 g/mol. The summed E-state index contributed by atoms with van der Waals surface area (Å²) in [6, 6.07) is 0. The van der Waals surface area contributed by atoms with Crippen molar-refractivity contribution in [3.8, 4) is 0 Å². The summed E-state index contributed by atoms with van der Waals surface area (Å²) in [6.45, 7) is 13.6. The first kappa shape index (κ1) is 30.3. The molecule has 0 aliphatic carbocycles. The molecule has 31 heavy (non-hydrogen) atoms. The third-order valence-electron chi connectivity index (χ3n) is 4.82. The molecule has 0 aromatic heterocycles. The first-order chi connectivity index (χ1) is 14.4. The van der Waals surface area contributed by atoms with Crippen molar-refractivity contribution in [1.29, 1.82) is 0 Å². The molecular weight excluding hydrogens is 412 g/mol. The Bertz CT molecular complexity index is 471. The SMILES string of the molecule is CCC(C)(OC(C)OC(C)OC)C(C=O)(OC(C)OC(C)OC)OC(C)OC(C)OC. The molecule has 0 heterocycles. The van der Waals surface area contributed by atoms with E-state index in [2.05, 4.69) is 0 Å². The van der Waals surface area contributed by atoms with Gasteiger partial charge >= 0.3 is 0 Å². The standard InChI is InChI=1S/C21H42O10/c1-12-20(8,29-17(5)26-14(2)23-9)21(13-22,30-18(6)27-15(3)24-10)31-19(7)28-16(4)25-11/h13-19H,12H2,1-11H3. The van der Waals surface area contributed by atoms with Crippen molar-refractivity contribution in [1.82, 2.24) is 0 Å². The minimum absolute atomic E-state index is 0.333. The lowest BCUT2D eigenvalue weighted by Crippen LogP contribution is -2.62. The zero-order valence-electron chi connectivity index (χ0n) is 20.8.